The third-order valence-corrected chi connectivity index (χ3v) is 16.0. The van der Waals surface area contributed by atoms with Crippen LogP contribution in [0.25, 0.3) is 118 Å². The molecule has 0 spiro atoms. The molecular formula is C64H34N6S2. The smallest absolute Gasteiger partial charge is 0.101 e. The summed E-state index contributed by atoms with van der Waals surface area (Å²) in [7, 11) is 0. The van der Waals surface area contributed by atoms with Gasteiger partial charge in [-0.05, 0) is 90.0 Å². The molecule has 332 valence electrons. The summed E-state index contributed by atoms with van der Waals surface area (Å²) in [6, 6.07) is 79.5. The van der Waals surface area contributed by atoms with Gasteiger partial charge in [-0.15, -0.1) is 22.7 Å². The number of benzene rings is 10. The molecule has 0 saturated heterocycles. The highest BCUT2D eigenvalue weighted by Crippen LogP contribution is 2.43. The molecule has 0 unspecified atom stereocenters. The van der Waals surface area contributed by atoms with E-state index in [1.165, 1.54) is 42.4 Å². The van der Waals surface area contributed by atoms with Gasteiger partial charge in [0.05, 0.1) is 73.9 Å². The Morgan fingerprint density at radius 2 is 0.708 bits per heavy atom. The molecule has 0 amide bonds. The zero-order valence-electron chi connectivity index (χ0n) is 38.1. The van der Waals surface area contributed by atoms with Gasteiger partial charge in [0.15, 0.2) is 0 Å². The summed E-state index contributed by atoms with van der Waals surface area (Å²) in [5.41, 5.74) is 13.1. The van der Waals surface area contributed by atoms with Gasteiger partial charge in [-0.25, -0.2) is 0 Å². The van der Waals surface area contributed by atoms with E-state index in [-0.39, 0.29) is 0 Å². The molecule has 0 aliphatic heterocycles. The average molecular weight is 951 g/mol. The van der Waals surface area contributed by atoms with Crippen molar-refractivity contribution in [2.24, 2.45) is 0 Å². The molecule has 14 aromatic rings. The number of hydrogen-bond donors (Lipinski definition) is 0. The zero-order chi connectivity index (χ0) is 48.5. The topological polar surface area (TPSA) is 105 Å². The van der Waals surface area contributed by atoms with Gasteiger partial charge in [0.25, 0.3) is 0 Å². The highest BCUT2D eigenvalue weighted by Gasteiger charge is 2.21. The van der Waals surface area contributed by atoms with Crippen LogP contribution in [0.5, 0.6) is 0 Å². The Kier molecular flexibility index (Phi) is 9.99. The van der Waals surface area contributed by atoms with Crippen LogP contribution in [0.15, 0.2) is 206 Å². The minimum Gasteiger partial charge on any atom is -0.309 e. The SMILES string of the molecule is N#Cc1ccc(-c2ccc3c(c2)sc2cc(C#N)ccc23)c(-n2c3ccccc3c3ccccc32)c1.N#Cc1ccc2c(c1)sc1cc(-c3cccc(C#N)c3-n3c4ccccc4c4ccccc43)ccc12. The summed E-state index contributed by atoms with van der Waals surface area (Å²) >= 11 is 3.40. The van der Waals surface area contributed by atoms with E-state index in [0.29, 0.717) is 22.3 Å². The molecule has 0 radical (unpaired) electrons. The van der Waals surface area contributed by atoms with E-state index in [9.17, 15) is 21.0 Å². The van der Waals surface area contributed by atoms with Crippen molar-refractivity contribution >= 4 is 107 Å². The van der Waals surface area contributed by atoms with Crippen LogP contribution < -0.4 is 0 Å². The molecule has 10 aromatic carbocycles. The molecule has 0 fully saturated rings. The van der Waals surface area contributed by atoms with Crippen LogP contribution in [0.2, 0.25) is 0 Å². The highest BCUT2D eigenvalue weighted by atomic mass is 32.1. The number of nitriles is 4. The summed E-state index contributed by atoms with van der Waals surface area (Å²) < 4.78 is 9.06. The molecule has 0 saturated carbocycles. The maximum Gasteiger partial charge on any atom is 0.101 e. The molecule has 14 rings (SSSR count). The maximum absolute atomic E-state index is 10.2. The van der Waals surface area contributed by atoms with Gasteiger partial charge in [-0.3, -0.25) is 0 Å². The van der Waals surface area contributed by atoms with E-state index in [1.807, 2.05) is 72.8 Å². The van der Waals surface area contributed by atoms with Crippen molar-refractivity contribution in [3.05, 3.63) is 229 Å². The van der Waals surface area contributed by atoms with Crippen LogP contribution >= 0.6 is 22.7 Å². The van der Waals surface area contributed by atoms with Gasteiger partial charge >= 0.3 is 0 Å². The third kappa shape index (κ3) is 6.72. The Morgan fingerprint density at radius 3 is 1.18 bits per heavy atom. The maximum atomic E-state index is 10.2. The largest absolute Gasteiger partial charge is 0.309 e. The average Bonchev–Trinajstić information content (AvgIpc) is 4.19. The van der Waals surface area contributed by atoms with Gasteiger partial charge in [0.2, 0.25) is 0 Å². The summed E-state index contributed by atoms with van der Waals surface area (Å²) in [6.07, 6.45) is 0. The Hall–Kier alpha value is -9.80. The second kappa shape index (κ2) is 17.0. The normalized spacial score (nSPS) is 11.3. The molecule has 0 N–H and O–H groups in total. The van der Waals surface area contributed by atoms with Crippen LogP contribution in [0.4, 0.5) is 0 Å². The molecule has 0 aliphatic carbocycles. The summed E-state index contributed by atoms with van der Waals surface area (Å²) in [5.74, 6) is 0. The zero-order valence-corrected chi connectivity index (χ0v) is 39.8. The van der Waals surface area contributed by atoms with Crippen molar-refractivity contribution in [1.29, 1.82) is 21.0 Å². The van der Waals surface area contributed by atoms with Crippen molar-refractivity contribution in [2.45, 2.75) is 0 Å². The molecule has 4 heterocycles. The number of rotatable bonds is 4. The molecule has 6 nitrogen and oxygen atoms in total. The van der Waals surface area contributed by atoms with Crippen LogP contribution in [0.1, 0.15) is 22.3 Å². The van der Waals surface area contributed by atoms with E-state index in [2.05, 4.69) is 167 Å². The lowest BCUT2D eigenvalue weighted by atomic mass is 9.98. The first kappa shape index (κ1) is 42.3. The Morgan fingerprint density at radius 1 is 0.306 bits per heavy atom. The van der Waals surface area contributed by atoms with E-state index < -0.39 is 0 Å². The number of thiophene rings is 2. The second-order valence-electron chi connectivity index (χ2n) is 17.7. The number of fused-ring (bicyclic) bond motifs is 12. The minimum absolute atomic E-state index is 0.627. The fourth-order valence-electron chi connectivity index (χ4n) is 10.5. The molecular weight excluding hydrogens is 917 g/mol. The van der Waals surface area contributed by atoms with Gasteiger partial charge < -0.3 is 9.13 Å². The quantitative estimate of drug-likeness (QED) is 0.175. The van der Waals surface area contributed by atoms with E-state index in [0.717, 1.165) is 75.2 Å². The molecule has 0 atom stereocenters. The number of hydrogen-bond acceptors (Lipinski definition) is 6. The van der Waals surface area contributed by atoms with Gasteiger partial charge in [0.1, 0.15) is 6.07 Å². The first-order valence-electron chi connectivity index (χ1n) is 23.3. The van der Waals surface area contributed by atoms with E-state index >= 15 is 0 Å². The monoisotopic (exact) mass is 950 g/mol. The Bertz CT molecular complexity index is 4660. The van der Waals surface area contributed by atoms with Crippen LogP contribution in [-0.2, 0) is 0 Å². The molecule has 0 bridgehead atoms. The lowest BCUT2D eigenvalue weighted by molar-refractivity contribution is 1.17. The van der Waals surface area contributed by atoms with Crippen LogP contribution in [0, 0.1) is 45.3 Å². The Labute approximate surface area is 420 Å². The molecule has 4 aromatic heterocycles. The van der Waals surface area contributed by atoms with Crippen LogP contribution in [-0.4, -0.2) is 9.13 Å². The van der Waals surface area contributed by atoms with Crippen molar-refractivity contribution in [3.63, 3.8) is 0 Å². The summed E-state index contributed by atoms with van der Waals surface area (Å²) in [4.78, 5) is 0. The fourth-order valence-corrected chi connectivity index (χ4v) is 12.9. The van der Waals surface area contributed by atoms with Crippen molar-refractivity contribution in [3.8, 4) is 57.9 Å². The Balaban J connectivity index is 0.000000140. The first-order chi connectivity index (χ1) is 35.5. The number of nitrogens with zero attached hydrogens (tertiary/aromatic N) is 6. The van der Waals surface area contributed by atoms with Crippen molar-refractivity contribution in [2.75, 3.05) is 0 Å². The van der Waals surface area contributed by atoms with Crippen molar-refractivity contribution < 1.29 is 0 Å². The predicted molar refractivity (Wildman–Crippen MR) is 297 cm³/mol. The van der Waals surface area contributed by atoms with Gasteiger partial charge in [-0.1, -0.05) is 127 Å². The molecule has 0 aliphatic rings. The van der Waals surface area contributed by atoms with E-state index in [4.69, 9.17) is 0 Å². The standard InChI is InChI=1S/2C32H17N3S/c33-18-20-12-14-26-27-15-13-21(17-31(27)36-30(26)16-20)23-9-5-6-22(19-34)32(23)35-28-10-3-1-7-24(28)25-8-2-4-11-29(25)35;33-18-20-9-12-23(22-11-14-27-26-13-10-21(19-34)16-31(26)36-32(27)17-22)30(15-20)35-28-7-3-1-5-24(28)25-6-2-4-8-29(25)35/h2*1-17H. The fraction of sp³-hybridized carbons (Fsp3) is 0. The summed E-state index contributed by atoms with van der Waals surface area (Å²) in [6.45, 7) is 0. The number of para-hydroxylation sites is 5. The predicted octanol–water partition coefficient (Wildman–Crippen LogP) is 17.1. The molecule has 8 heteroatoms. The summed E-state index contributed by atoms with van der Waals surface area (Å²) in [5, 5.41) is 47.9. The second-order valence-corrected chi connectivity index (χ2v) is 19.8. The van der Waals surface area contributed by atoms with Crippen LogP contribution in [0.3, 0.4) is 0 Å². The van der Waals surface area contributed by atoms with Crippen molar-refractivity contribution in [1.82, 2.24) is 9.13 Å². The minimum atomic E-state index is 0.627. The lowest BCUT2D eigenvalue weighted by Gasteiger charge is -2.16. The third-order valence-electron chi connectivity index (χ3n) is 13.7. The number of aromatic nitrogens is 2. The first-order valence-corrected chi connectivity index (χ1v) is 24.9. The van der Waals surface area contributed by atoms with Gasteiger partial charge in [0, 0.05) is 73.0 Å². The highest BCUT2D eigenvalue weighted by molar-refractivity contribution is 7.26. The van der Waals surface area contributed by atoms with E-state index in [1.54, 1.807) is 22.7 Å². The lowest BCUT2D eigenvalue weighted by Crippen LogP contribution is -2.00. The van der Waals surface area contributed by atoms with Gasteiger partial charge in [-0.2, -0.15) is 21.0 Å². The molecule has 72 heavy (non-hydrogen) atoms.